The molecule has 0 spiro atoms. The number of aromatic nitrogens is 2. The molecular formula is C17H22N4O2. The molecule has 0 fully saturated rings. The van der Waals surface area contributed by atoms with Crippen molar-refractivity contribution >= 4 is 11.9 Å². The Hall–Kier alpha value is -2.47. The van der Waals surface area contributed by atoms with Crippen LogP contribution in [0.15, 0.2) is 42.7 Å². The molecule has 122 valence electrons. The number of rotatable bonds is 9. The molecule has 1 heterocycles. The van der Waals surface area contributed by atoms with Crippen molar-refractivity contribution < 1.29 is 9.90 Å². The zero-order chi connectivity index (χ0) is 16.5. The van der Waals surface area contributed by atoms with Crippen LogP contribution in [-0.4, -0.2) is 27.1 Å². The van der Waals surface area contributed by atoms with Crippen molar-refractivity contribution in [3.63, 3.8) is 0 Å². The van der Waals surface area contributed by atoms with E-state index in [9.17, 15) is 4.79 Å². The van der Waals surface area contributed by atoms with Crippen LogP contribution in [0.2, 0.25) is 0 Å². The predicted octanol–water partition coefficient (Wildman–Crippen LogP) is 2.43. The molecule has 6 heteroatoms. The summed E-state index contributed by atoms with van der Waals surface area (Å²) in [6, 6.07) is 9.49. The van der Waals surface area contributed by atoms with Crippen LogP contribution in [0.1, 0.15) is 30.9 Å². The van der Waals surface area contributed by atoms with Crippen LogP contribution < -0.4 is 10.6 Å². The highest BCUT2D eigenvalue weighted by molar-refractivity contribution is 5.73. The Morgan fingerprint density at radius 2 is 1.83 bits per heavy atom. The summed E-state index contributed by atoms with van der Waals surface area (Å²) in [6.07, 6.45) is 4.84. The average Bonchev–Trinajstić information content (AvgIpc) is 2.58. The van der Waals surface area contributed by atoms with Gasteiger partial charge < -0.3 is 15.7 Å². The first-order valence-corrected chi connectivity index (χ1v) is 7.74. The van der Waals surface area contributed by atoms with Crippen LogP contribution in [0.5, 0.6) is 0 Å². The molecule has 0 saturated carbocycles. The van der Waals surface area contributed by atoms with Crippen molar-refractivity contribution in [2.75, 3.05) is 5.32 Å². The second kappa shape index (κ2) is 8.85. The monoisotopic (exact) mass is 314 g/mol. The Kier molecular flexibility index (Phi) is 6.50. The topological polar surface area (TPSA) is 87.1 Å². The molecule has 1 aromatic heterocycles. The van der Waals surface area contributed by atoms with E-state index >= 15 is 0 Å². The maximum absolute atomic E-state index is 11.1. The third-order valence-electron chi connectivity index (χ3n) is 3.43. The molecule has 6 nitrogen and oxygen atoms in total. The van der Waals surface area contributed by atoms with Crippen LogP contribution >= 0.6 is 0 Å². The lowest BCUT2D eigenvalue weighted by Gasteiger charge is -2.13. The molecule has 0 radical (unpaired) electrons. The zero-order valence-electron chi connectivity index (χ0n) is 13.2. The molecule has 1 aromatic carbocycles. The Morgan fingerprint density at radius 3 is 2.43 bits per heavy atom. The van der Waals surface area contributed by atoms with Gasteiger partial charge in [0.05, 0.1) is 0 Å². The van der Waals surface area contributed by atoms with Gasteiger partial charge in [-0.05, 0) is 12.0 Å². The van der Waals surface area contributed by atoms with Gasteiger partial charge in [0.15, 0.2) is 0 Å². The van der Waals surface area contributed by atoms with Crippen LogP contribution in [0.4, 0.5) is 5.95 Å². The zero-order valence-corrected chi connectivity index (χ0v) is 13.2. The fourth-order valence-corrected chi connectivity index (χ4v) is 2.16. The molecule has 23 heavy (non-hydrogen) atoms. The van der Waals surface area contributed by atoms with Crippen molar-refractivity contribution in [1.29, 1.82) is 0 Å². The van der Waals surface area contributed by atoms with Crippen molar-refractivity contribution in [2.24, 2.45) is 0 Å². The van der Waals surface area contributed by atoms with Crippen LogP contribution in [0.25, 0.3) is 0 Å². The van der Waals surface area contributed by atoms with E-state index in [1.165, 1.54) is 0 Å². The van der Waals surface area contributed by atoms with Crippen molar-refractivity contribution in [3.8, 4) is 0 Å². The second-order valence-corrected chi connectivity index (χ2v) is 5.31. The summed E-state index contributed by atoms with van der Waals surface area (Å²) >= 11 is 0. The maximum Gasteiger partial charge on any atom is 0.320 e. The summed E-state index contributed by atoms with van der Waals surface area (Å²) in [5.74, 6) is -0.269. The van der Waals surface area contributed by atoms with Crippen LogP contribution in [0, 0.1) is 0 Å². The quantitative estimate of drug-likeness (QED) is 0.659. The molecule has 0 aliphatic rings. The van der Waals surface area contributed by atoms with Crippen molar-refractivity contribution in [3.05, 3.63) is 53.9 Å². The summed E-state index contributed by atoms with van der Waals surface area (Å²) in [5, 5.41) is 15.3. The SMILES string of the molecule is CCC[C@H](NCc1cnc(NCc2ccccc2)nc1)C(=O)O. The number of hydrogen-bond donors (Lipinski definition) is 3. The van der Waals surface area contributed by atoms with E-state index in [1.54, 1.807) is 12.4 Å². The van der Waals surface area contributed by atoms with E-state index in [2.05, 4.69) is 20.6 Å². The van der Waals surface area contributed by atoms with Gasteiger partial charge >= 0.3 is 5.97 Å². The molecule has 0 saturated heterocycles. The van der Waals surface area contributed by atoms with Crippen molar-refractivity contribution in [2.45, 2.75) is 38.9 Å². The third kappa shape index (κ3) is 5.67. The summed E-state index contributed by atoms with van der Waals surface area (Å²) in [5.41, 5.74) is 2.02. The van der Waals surface area contributed by atoms with Gasteiger partial charge in [-0.3, -0.25) is 4.79 Å². The number of hydrogen-bond acceptors (Lipinski definition) is 5. The predicted molar refractivity (Wildman–Crippen MR) is 89.0 cm³/mol. The Labute approximate surface area is 136 Å². The molecule has 0 aliphatic carbocycles. The summed E-state index contributed by atoms with van der Waals surface area (Å²) in [6.45, 7) is 3.07. The average molecular weight is 314 g/mol. The first kappa shape index (κ1) is 16.9. The first-order chi connectivity index (χ1) is 11.2. The summed E-state index contributed by atoms with van der Waals surface area (Å²) in [4.78, 5) is 19.6. The lowest BCUT2D eigenvalue weighted by atomic mass is 10.1. The second-order valence-electron chi connectivity index (χ2n) is 5.31. The van der Waals surface area contributed by atoms with Gasteiger partial charge in [-0.15, -0.1) is 0 Å². The number of anilines is 1. The minimum atomic E-state index is -0.825. The van der Waals surface area contributed by atoms with Gasteiger partial charge in [0.2, 0.25) is 5.95 Å². The number of benzene rings is 1. The number of aliphatic carboxylic acids is 1. The molecule has 0 aliphatic heterocycles. The molecule has 2 aromatic rings. The van der Waals surface area contributed by atoms with Gasteiger partial charge in [-0.2, -0.15) is 0 Å². The van der Waals surface area contributed by atoms with Gasteiger partial charge in [0, 0.05) is 31.0 Å². The molecule has 2 rings (SSSR count). The largest absolute Gasteiger partial charge is 0.480 e. The fourth-order valence-electron chi connectivity index (χ4n) is 2.16. The normalized spacial score (nSPS) is 11.9. The standard InChI is InChI=1S/C17H22N4O2/c1-2-6-15(16(22)23)18-10-14-11-20-17(21-12-14)19-9-13-7-4-3-5-8-13/h3-5,7-8,11-12,15,18H,2,6,9-10H2,1H3,(H,22,23)(H,19,20,21)/t15-/m0/s1. The van der Waals surface area contributed by atoms with Gasteiger partial charge in [-0.1, -0.05) is 43.7 Å². The number of carboxylic acid groups (broad SMARTS) is 1. The van der Waals surface area contributed by atoms with E-state index < -0.39 is 12.0 Å². The molecule has 0 amide bonds. The highest BCUT2D eigenvalue weighted by Crippen LogP contribution is 2.05. The van der Waals surface area contributed by atoms with Gasteiger partial charge in [0.1, 0.15) is 6.04 Å². The van der Waals surface area contributed by atoms with E-state index in [1.807, 2.05) is 37.3 Å². The Morgan fingerprint density at radius 1 is 1.13 bits per heavy atom. The number of nitrogens with zero attached hydrogens (tertiary/aromatic N) is 2. The van der Waals surface area contributed by atoms with E-state index in [-0.39, 0.29) is 0 Å². The van der Waals surface area contributed by atoms with Gasteiger partial charge in [-0.25, -0.2) is 9.97 Å². The third-order valence-corrected chi connectivity index (χ3v) is 3.43. The highest BCUT2D eigenvalue weighted by atomic mass is 16.4. The lowest BCUT2D eigenvalue weighted by molar-refractivity contribution is -0.139. The summed E-state index contributed by atoms with van der Waals surface area (Å²) in [7, 11) is 0. The fraction of sp³-hybridized carbons (Fsp3) is 0.353. The molecule has 1 atom stereocenters. The smallest absolute Gasteiger partial charge is 0.320 e. The van der Waals surface area contributed by atoms with E-state index in [4.69, 9.17) is 5.11 Å². The van der Waals surface area contributed by atoms with E-state index in [0.717, 1.165) is 17.5 Å². The number of carboxylic acids is 1. The van der Waals surface area contributed by atoms with E-state index in [0.29, 0.717) is 25.5 Å². The number of carbonyl (C=O) groups is 1. The summed E-state index contributed by atoms with van der Waals surface area (Å²) < 4.78 is 0. The van der Waals surface area contributed by atoms with Crippen LogP contribution in [0.3, 0.4) is 0 Å². The highest BCUT2D eigenvalue weighted by Gasteiger charge is 2.15. The Balaban J connectivity index is 1.83. The minimum absolute atomic E-state index is 0.440. The molecule has 3 N–H and O–H groups in total. The van der Waals surface area contributed by atoms with Crippen molar-refractivity contribution in [1.82, 2.24) is 15.3 Å². The van der Waals surface area contributed by atoms with Crippen LogP contribution in [-0.2, 0) is 17.9 Å². The maximum atomic E-state index is 11.1. The number of nitrogens with one attached hydrogen (secondary N) is 2. The Bertz CT molecular complexity index is 602. The molecule has 0 unspecified atom stereocenters. The first-order valence-electron chi connectivity index (χ1n) is 7.74. The molecular weight excluding hydrogens is 292 g/mol. The minimum Gasteiger partial charge on any atom is -0.480 e. The molecule has 0 bridgehead atoms. The lowest BCUT2D eigenvalue weighted by Crippen LogP contribution is -2.36. The van der Waals surface area contributed by atoms with Gasteiger partial charge in [0.25, 0.3) is 0 Å².